The average Bonchev–Trinajstić information content (AvgIpc) is 2.84. The quantitative estimate of drug-likeness (QED) is 0.699. The molecule has 0 amide bonds. The van der Waals surface area contributed by atoms with E-state index in [1.165, 1.54) is 0 Å². The molecule has 1 aliphatic rings. The summed E-state index contributed by atoms with van der Waals surface area (Å²) in [6.07, 6.45) is 1.72. The van der Waals surface area contributed by atoms with Crippen molar-refractivity contribution >= 4 is 28.5 Å². The van der Waals surface area contributed by atoms with Crippen LogP contribution in [0.3, 0.4) is 0 Å². The van der Waals surface area contributed by atoms with E-state index < -0.39 is 0 Å². The molecule has 106 valence electrons. The summed E-state index contributed by atoms with van der Waals surface area (Å²) in [5, 5.41) is 7.92. The Labute approximate surface area is 125 Å². The van der Waals surface area contributed by atoms with Crippen molar-refractivity contribution in [1.29, 1.82) is 0 Å². The van der Waals surface area contributed by atoms with Gasteiger partial charge >= 0.3 is 0 Å². The van der Waals surface area contributed by atoms with Gasteiger partial charge in [0.05, 0.1) is 18.1 Å². The molecule has 6 nitrogen and oxygen atoms in total. The highest BCUT2D eigenvalue weighted by Crippen LogP contribution is 2.29. The third-order valence-corrected chi connectivity index (χ3v) is 3.68. The largest absolute Gasteiger partial charge is 0.491 e. The van der Waals surface area contributed by atoms with Gasteiger partial charge in [-0.15, -0.1) is 0 Å². The number of rotatable bonds is 1. The van der Waals surface area contributed by atoms with E-state index in [1.807, 2.05) is 18.2 Å². The molecule has 1 N–H and O–H groups in total. The lowest BCUT2D eigenvalue weighted by molar-refractivity contribution is 0.331. The average molecular weight is 302 g/mol. The van der Waals surface area contributed by atoms with Crippen LogP contribution < -0.4 is 9.64 Å². The number of hydrogen-bond acceptors (Lipinski definition) is 5. The Balaban J connectivity index is 1.80. The fourth-order valence-electron chi connectivity index (χ4n) is 2.54. The van der Waals surface area contributed by atoms with E-state index in [1.54, 1.807) is 6.20 Å². The first-order valence-electron chi connectivity index (χ1n) is 6.63. The van der Waals surface area contributed by atoms with Gasteiger partial charge in [-0.2, -0.15) is 15.1 Å². The van der Waals surface area contributed by atoms with Crippen LogP contribution in [0.25, 0.3) is 11.0 Å². The van der Waals surface area contributed by atoms with E-state index in [-0.39, 0.29) is 5.28 Å². The summed E-state index contributed by atoms with van der Waals surface area (Å²) in [5.41, 5.74) is 1.77. The highest BCUT2D eigenvalue weighted by molar-refractivity contribution is 6.28. The molecule has 1 aliphatic heterocycles. The number of hydrogen-bond donors (Lipinski definition) is 1. The molecule has 0 atom stereocenters. The van der Waals surface area contributed by atoms with Crippen LogP contribution in [0.2, 0.25) is 5.28 Å². The molecule has 3 aromatic rings. The first kappa shape index (κ1) is 12.4. The maximum absolute atomic E-state index is 6.01. The third kappa shape index (κ3) is 2.17. The number of anilines is 1. The van der Waals surface area contributed by atoms with Crippen LogP contribution in [0.4, 0.5) is 5.82 Å². The minimum atomic E-state index is 0.209. The van der Waals surface area contributed by atoms with E-state index in [0.717, 1.165) is 29.1 Å². The molecule has 0 saturated carbocycles. The zero-order chi connectivity index (χ0) is 14.2. The van der Waals surface area contributed by atoms with Gasteiger partial charge in [0.1, 0.15) is 18.2 Å². The van der Waals surface area contributed by atoms with Gasteiger partial charge in [-0.3, -0.25) is 5.10 Å². The molecule has 0 unspecified atom stereocenters. The smallest absolute Gasteiger partial charge is 0.226 e. The van der Waals surface area contributed by atoms with Crippen LogP contribution in [0.15, 0.2) is 30.5 Å². The number of ether oxygens (including phenoxy) is 1. The summed E-state index contributed by atoms with van der Waals surface area (Å²) in [4.78, 5) is 10.6. The molecule has 3 heterocycles. The van der Waals surface area contributed by atoms with E-state index in [0.29, 0.717) is 18.8 Å². The number of benzene rings is 1. The Morgan fingerprint density at radius 2 is 2.14 bits per heavy atom. The Bertz CT molecular complexity index is 803. The van der Waals surface area contributed by atoms with Gasteiger partial charge in [0, 0.05) is 12.1 Å². The van der Waals surface area contributed by atoms with Crippen LogP contribution >= 0.6 is 11.6 Å². The Morgan fingerprint density at radius 3 is 3.10 bits per heavy atom. The van der Waals surface area contributed by atoms with Crippen LogP contribution in [0, 0.1) is 0 Å². The second-order valence-electron chi connectivity index (χ2n) is 4.83. The summed E-state index contributed by atoms with van der Waals surface area (Å²) in [5.74, 6) is 1.70. The van der Waals surface area contributed by atoms with Gasteiger partial charge in [0.25, 0.3) is 0 Å². The normalized spacial score (nSPS) is 14.6. The van der Waals surface area contributed by atoms with E-state index >= 15 is 0 Å². The molecule has 0 spiro atoms. The molecule has 0 fully saturated rings. The molecule has 1 aromatic carbocycles. The maximum Gasteiger partial charge on any atom is 0.226 e. The minimum Gasteiger partial charge on any atom is -0.491 e. The lowest BCUT2D eigenvalue weighted by atomic mass is 10.2. The monoisotopic (exact) mass is 301 g/mol. The molecular formula is C14H12ClN5O. The van der Waals surface area contributed by atoms with E-state index in [4.69, 9.17) is 16.3 Å². The fraction of sp³-hybridized carbons (Fsp3) is 0.214. The van der Waals surface area contributed by atoms with Gasteiger partial charge in [0.15, 0.2) is 5.65 Å². The summed E-state index contributed by atoms with van der Waals surface area (Å²) in [7, 11) is 0. The van der Waals surface area contributed by atoms with Gasteiger partial charge in [-0.25, -0.2) is 0 Å². The summed E-state index contributed by atoms with van der Waals surface area (Å²) in [6.45, 7) is 2.03. The maximum atomic E-state index is 6.01. The van der Waals surface area contributed by atoms with Gasteiger partial charge < -0.3 is 9.64 Å². The molecule has 0 radical (unpaired) electrons. The number of nitrogens with zero attached hydrogens (tertiary/aromatic N) is 4. The minimum absolute atomic E-state index is 0.209. The zero-order valence-electron chi connectivity index (χ0n) is 11.1. The first-order chi connectivity index (χ1) is 10.3. The lowest BCUT2D eigenvalue weighted by Crippen LogP contribution is -2.26. The molecular weight excluding hydrogens is 290 g/mol. The Morgan fingerprint density at radius 1 is 1.24 bits per heavy atom. The second-order valence-corrected chi connectivity index (χ2v) is 5.16. The van der Waals surface area contributed by atoms with Crippen LogP contribution in [0.1, 0.15) is 5.56 Å². The number of halogens is 1. The van der Waals surface area contributed by atoms with Gasteiger partial charge in [0.2, 0.25) is 5.28 Å². The predicted molar refractivity (Wildman–Crippen MR) is 79.7 cm³/mol. The molecule has 4 rings (SSSR count). The third-order valence-electron chi connectivity index (χ3n) is 3.51. The number of fused-ring (bicyclic) bond motifs is 2. The van der Waals surface area contributed by atoms with E-state index in [9.17, 15) is 0 Å². The number of H-pyrrole nitrogens is 1. The van der Waals surface area contributed by atoms with Gasteiger partial charge in [-0.05, 0) is 17.7 Å². The van der Waals surface area contributed by atoms with Gasteiger partial charge in [-0.1, -0.05) is 18.2 Å². The zero-order valence-corrected chi connectivity index (χ0v) is 11.8. The van der Waals surface area contributed by atoms with Crippen LogP contribution in [-0.2, 0) is 6.54 Å². The molecule has 0 saturated heterocycles. The predicted octanol–water partition coefficient (Wildman–Crippen LogP) is 2.41. The topological polar surface area (TPSA) is 66.9 Å². The molecule has 21 heavy (non-hydrogen) atoms. The van der Waals surface area contributed by atoms with Crippen molar-refractivity contribution in [2.24, 2.45) is 0 Å². The number of aromatic amines is 1. The molecule has 0 aliphatic carbocycles. The summed E-state index contributed by atoms with van der Waals surface area (Å²) >= 11 is 6.01. The highest BCUT2D eigenvalue weighted by atomic mass is 35.5. The van der Waals surface area contributed by atoms with Crippen molar-refractivity contribution < 1.29 is 4.74 Å². The van der Waals surface area contributed by atoms with Crippen molar-refractivity contribution in [3.63, 3.8) is 0 Å². The van der Waals surface area contributed by atoms with Crippen molar-refractivity contribution in [2.75, 3.05) is 18.1 Å². The molecule has 0 bridgehead atoms. The molecule has 7 heteroatoms. The lowest BCUT2D eigenvalue weighted by Gasteiger charge is -2.21. The summed E-state index contributed by atoms with van der Waals surface area (Å²) in [6, 6.07) is 8.03. The standard InChI is InChI=1S/C14H12ClN5O/c15-14-17-12-10(7-16-19-12)13(18-14)20-5-6-21-11-4-2-1-3-9(11)8-20/h1-4,7H,5-6,8H2,(H,16,17,18,19). The fourth-order valence-corrected chi connectivity index (χ4v) is 2.71. The molecule has 2 aromatic heterocycles. The SMILES string of the molecule is Clc1nc(N2CCOc3ccccc3C2)c2cn[nH]c2n1. The van der Waals surface area contributed by atoms with Crippen LogP contribution in [-0.4, -0.2) is 33.3 Å². The highest BCUT2D eigenvalue weighted by Gasteiger charge is 2.20. The van der Waals surface area contributed by atoms with E-state index in [2.05, 4.69) is 31.1 Å². The van der Waals surface area contributed by atoms with Crippen LogP contribution in [0.5, 0.6) is 5.75 Å². The van der Waals surface area contributed by atoms with Crippen molar-refractivity contribution in [3.05, 3.63) is 41.3 Å². The first-order valence-corrected chi connectivity index (χ1v) is 7.01. The van der Waals surface area contributed by atoms with Crippen molar-refractivity contribution in [3.8, 4) is 5.75 Å². The Hall–Kier alpha value is -2.34. The summed E-state index contributed by atoms with van der Waals surface area (Å²) < 4.78 is 5.78. The number of aromatic nitrogens is 4. The van der Waals surface area contributed by atoms with Crippen molar-refractivity contribution in [1.82, 2.24) is 20.2 Å². The Kier molecular flexibility index (Phi) is 2.89. The number of nitrogens with one attached hydrogen (secondary N) is 1. The second kappa shape index (κ2) is 4.89. The number of para-hydroxylation sites is 1. The van der Waals surface area contributed by atoms with Crippen molar-refractivity contribution in [2.45, 2.75) is 6.54 Å².